The van der Waals surface area contributed by atoms with Gasteiger partial charge in [0.15, 0.2) is 5.65 Å². The van der Waals surface area contributed by atoms with Gasteiger partial charge < -0.3 is 5.32 Å². The molecule has 5 aromatic rings. The van der Waals surface area contributed by atoms with Crippen LogP contribution in [0.4, 0.5) is 5.82 Å². The van der Waals surface area contributed by atoms with Gasteiger partial charge in [-0.3, -0.25) is 14.6 Å². The highest BCUT2D eigenvalue weighted by molar-refractivity contribution is 6.04. The van der Waals surface area contributed by atoms with Crippen LogP contribution in [0, 0.1) is 20.8 Å². The van der Waals surface area contributed by atoms with Crippen LogP contribution in [0.2, 0.25) is 0 Å². The molecule has 9 heteroatoms. The molecule has 188 valence electrons. The predicted octanol–water partition coefficient (Wildman–Crippen LogP) is 4.77. The number of benzene rings is 2. The second kappa shape index (κ2) is 8.85. The second-order valence-electron chi connectivity index (χ2n) is 10.3. The molecule has 0 atom stereocenters. The van der Waals surface area contributed by atoms with Gasteiger partial charge in [-0.2, -0.15) is 19.9 Å². The number of fused-ring (bicyclic) bond motifs is 1. The van der Waals surface area contributed by atoms with Crippen LogP contribution in [0.5, 0.6) is 0 Å². The van der Waals surface area contributed by atoms with Crippen LogP contribution in [-0.4, -0.2) is 35.4 Å². The molecule has 1 amide bonds. The van der Waals surface area contributed by atoms with Crippen molar-refractivity contribution in [3.05, 3.63) is 93.0 Å². The summed E-state index contributed by atoms with van der Waals surface area (Å²) in [6.45, 7) is 12.2. The van der Waals surface area contributed by atoms with E-state index in [2.05, 4.69) is 41.3 Å². The van der Waals surface area contributed by atoms with Gasteiger partial charge in [0.2, 0.25) is 5.95 Å². The Morgan fingerprint density at radius 2 is 1.73 bits per heavy atom. The summed E-state index contributed by atoms with van der Waals surface area (Å²) in [6.07, 6.45) is 1.50. The minimum absolute atomic E-state index is 0.00949. The van der Waals surface area contributed by atoms with Crippen LogP contribution < -0.4 is 10.9 Å². The highest BCUT2D eigenvalue weighted by atomic mass is 16.2. The lowest BCUT2D eigenvalue weighted by Crippen LogP contribution is -2.19. The fraction of sp³-hybridized carbons (Fsp3) is 0.250. The van der Waals surface area contributed by atoms with E-state index in [1.54, 1.807) is 29.8 Å². The first kappa shape index (κ1) is 24.2. The van der Waals surface area contributed by atoms with E-state index in [-0.39, 0.29) is 22.8 Å². The SMILES string of the molecule is Cc1cc(NC(=O)c2ccc(C(C)(C)C)cc2)n(-c2nc3c(cnn3-c3cccc(C)c3C)c(=O)[nH]2)n1. The highest BCUT2D eigenvalue weighted by Crippen LogP contribution is 2.24. The van der Waals surface area contributed by atoms with Crippen molar-refractivity contribution in [1.29, 1.82) is 0 Å². The Bertz CT molecular complexity index is 1700. The van der Waals surface area contributed by atoms with Gasteiger partial charge in [0, 0.05) is 11.6 Å². The number of anilines is 1. The number of nitrogens with one attached hydrogen (secondary N) is 2. The van der Waals surface area contributed by atoms with Crippen molar-refractivity contribution in [2.75, 3.05) is 5.32 Å². The molecule has 0 fully saturated rings. The summed E-state index contributed by atoms with van der Waals surface area (Å²) in [5.74, 6) is 0.282. The smallest absolute Gasteiger partial charge is 0.263 e. The molecule has 0 saturated heterocycles. The second-order valence-corrected chi connectivity index (χ2v) is 10.3. The molecular formula is C28H29N7O2. The zero-order chi connectivity index (χ0) is 26.5. The van der Waals surface area contributed by atoms with Gasteiger partial charge in [-0.1, -0.05) is 45.0 Å². The molecule has 0 aliphatic carbocycles. The molecule has 9 nitrogen and oxygen atoms in total. The Labute approximate surface area is 214 Å². The van der Waals surface area contributed by atoms with Gasteiger partial charge >= 0.3 is 0 Å². The van der Waals surface area contributed by atoms with Crippen LogP contribution in [0.25, 0.3) is 22.7 Å². The van der Waals surface area contributed by atoms with E-state index >= 15 is 0 Å². The van der Waals surface area contributed by atoms with Crippen molar-refractivity contribution in [1.82, 2.24) is 29.5 Å². The topological polar surface area (TPSA) is 110 Å². The fourth-order valence-electron chi connectivity index (χ4n) is 4.21. The number of aromatic nitrogens is 6. The molecule has 0 aliphatic heterocycles. The summed E-state index contributed by atoms with van der Waals surface area (Å²) in [7, 11) is 0. The molecular weight excluding hydrogens is 466 g/mol. The molecule has 5 rings (SSSR count). The number of nitrogens with zero attached hydrogens (tertiary/aromatic N) is 5. The minimum Gasteiger partial charge on any atom is -0.306 e. The van der Waals surface area contributed by atoms with Crippen LogP contribution in [0.1, 0.15) is 53.5 Å². The number of H-pyrrole nitrogens is 1. The number of carbonyl (C=O) groups excluding carboxylic acids is 1. The van der Waals surface area contributed by atoms with E-state index in [9.17, 15) is 9.59 Å². The van der Waals surface area contributed by atoms with E-state index in [0.717, 1.165) is 22.4 Å². The average molecular weight is 496 g/mol. The van der Waals surface area contributed by atoms with Crippen molar-refractivity contribution in [2.24, 2.45) is 0 Å². The summed E-state index contributed by atoms with van der Waals surface area (Å²) >= 11 is 0. The number of aryl methyl sites for hydroxylation is 2. The Kier molecular flexibility index (Phi) is 5.78. The molecule has 0 unspecified atom stereocenters. The number of hydrogen-bond acceptors (Lipinski definition) is 5. The molecule has 0 aliphatic rings. The first-order valence-electron chi connectivity index (χ1n) is 12.1. The van der Waals surface area contributed by atoms with E-state index in [1.807, 2.05) is 44.2 Å². The number of rotatable bonds is 4. The zero-order valence-corrected chi connectivity index (χ0v) is 21.7. The maximum atomic E-state index is 13.1. The van der Waals surface area contributed by atoms with Gasteiger partial charge in [0.1, 0.15) is 11.2 Å². The van der Waals surface area contributed by atoms with Crippen LogP contribution in [0.3, 0.4) is 0 Å². The Balaban J connectivity index is 1.54. The Hall–Kier alpha value is -4.53. The lowest BCUT2D eigenvalue weighted by Gasteiger charge is -2.19. The monoisotopic (exact) mass is 495 g/mol. The number of amides is 1. The summed E-state index contributed by atoms with van der Waals surface area (Å²) < 4.78 is 3.08. The van der Waals surface area contributed by atoms with E-state index in [1.165, 1.54) is 10.9 Å². The van der Waals surface area contributed by atoms with Crippen LogP contribution in [0.15, 0.2) is 59.5 Å². The molecule has 3 aromatic heterocycles. The quantitative estimate of drug-likeness (QED) is 0.373. The van der Waals surface area contributed by atoms with Crippen LogP contribution >= 0.6 is 0 Å². The highest BCUT2D eigenvalue weighted by Gasteiger charge is 2.19. The van der Waals surface area contributed by atoms with Gasteiger partial charge in [-0.05, 0) is 61.1 Å². The van der Waals surface area contributed by atoms with Crippen molar-refractivity contribution < 1.29 is 4.79 Å². The lowest BCUT2D eigenvalue weighted by atomic mass is 9.87. The maximum Gasteiger partial charge on any atom is 0.263 e. The molecule has 2 N–H and O–H groups in total. The summed E-state index contributed by atoms with van der Waals surface area (Å²) in [5.41, 5.74) is 5.34. The molecule has 2 aromatic carbocycles. The molecule has 0 bridgehead atoms. The first-order valence-corrected chi connectivity index (χ1v) is 12.1. The van der Waals surface area contributed by atoms with E-state index in [0.29, 0.717) is 28.1 Å². The van der Waals surface area contributed by atoms with Crippen LogP contribution in [-0.2, 0) is 5.41 Å². The molecule has 0 spiro atoms. The van der Waals surface area contributed by atoms with Crippen molar-refractivity contribution in [2.45, 2.75) is 47.0 Å². The lowest BCUT2D eigenvalue weighted by molar-refractivity contribution is 0.102. The van der Waals surface area contributed by atoms with Gasteiger partial charge in [0.05, 0.1) is 17.6 Å². The van der Waals surface area contributed by atoms with E-state index < -0.39 is 0 Å². The first-order chi connectivity index (χ1) is 17.5. The summed E-state index contributed by atoms with van der Waals surface area (Å²) in [5, 5.41) is 12.2. The van der Waals surface area contributed by atoms with Crippen molar-refractivity contribution >= 4 is 22.8 Å². The van der Waals surface area contributed by atoms with E-state index in [4.69, 9.17) is 4.98 Å². The van der Waals surface area contributed by atoms with Crippen molar-refractivity contribution in [3.8, 4) is 11.6 Å². The zero-order valence-electron chi connectivity index (χ0n) is 21.7. The number of hydrogen-bond donors (Lipinski definition) is 2. The fourth-order valence-corrected chi connectivity index (χ4v) is 4.21. The molecule has 37 heavy (non-hydrogen) atoms. The summed E-state index contributed by atoms with van der Waals surface area (Å²) in [6, 6.07) is 15.2. The van der Waals surface area contributed by atoms with Crippen molar-refractivity contribution in [3.63, 3.8) is 0 Å². The van der Waals surface area contributed by atoms with Gasteiger partial charge in [0.25, 0.3) is 11.5 Å². The molecule has 0 saturated carbocycles. The third kappa shape index (κ3) is 4.44. The predicted molar refractivity (Wildman–Crippen MR) is 144 cm³/mol. The normalized spacial score (nSPS) is 11.7. The number of carbonyl (C=O) groups is 1. The summed E-state index contributed by atoms with van der Waals surface area (Å²) in [4.78, 5) is 33.5. The maximum absolute atomic E-state index is 13.1. The third-order valence-corrected chi connectivity index (χ3v) is 6.52. The minimum atomic E-state index is -0.347. The molecule has 0 radical (unpaired) electrons. The Morgan fingerprint density at radius 3 is 2.43 bits per heavy atom. The van der Waals surface area contributed by atoms with Gasteiger partial charge in [-0.15, -0.1) is 0 Å². The standard InChI is InChI=1S/C28H29N7O2/c1-16-8-7-9-22(18(16)3)34-24-21(15-29-34)26(37)32-27(31-24)35-23(14-17(2)33-35)30-25(36)19-10-12-20(13-11-19)28(4,5)6/h7-15H,1-6H3,(H,30,36)(H,31,32,37). The molecule has 3 heterocycles. The number of aromatic amines is 1. The van der Waals surface area contributed by atoms with Gasteiger partial charge in [-0.25, -0.2) is 4.68 Å². The Morgan fingerprint density at radius 1 is 1.00 bits per heavy atom. The largest absolute Gasteiger partial charge is 0.306 e. The third-order valence-electron chi connectivity index (χ3n) is 6.52. The average Bonchev–Trinajstić information content (AvgIpc) is 3.44.